The van der Waals surface area contributed by atoms with Gasteiger partial charge in [0.25, 0.3) is 0 Å². The van der Waals surface area contributed by atoms with Gasteiger partial charge in [-0.1, -0.05) is 60.7 Å². The van der Waals surface area contributed by atoms with Crippen LogP contribution in [0.15, 0.2) is 60.7 Å². The summed E-state index contributed by atoms with van der Waals surface area (Å²) in [6.07, 6.45) is 2.82. The highest BCUT2D eigenvalue weighted by Gasteiger charge is 2.39. The van der Waals surface area contributed by atoms with Crippen molar-refractivity contribution in [3.05, 3.63) is 71.8 Å². The van der Waals surface area contributed by atoms with Crippen LogP contribution in [0.25, 0.3) is 0 Å². The zero-order valence-electron chi connectivity index (χ0n) is 14.8. The third-order valence-electron chi connectivity index (χ3n) is 5.32. The van der Waals surface area contributed by atoms with Gasteiger partial charge in [-0.15, -0.1) is 0 Å². The second-order valence-corrected chi connectivity index (χ2v) is 7.35. The van der Waals surface area contributed by atoms with Gasteiger partial charge >= 0.3 is 0 Å². The van der Waals surface area contributed by atoms with E-state index in [-0.39, 0.29) is 23.7 Å². The van der Waals surface area contributed by atoms with Crippen LogP contribution in [-0.2, 0) is 9.59 Å². The van der Waals surface area contributed by atoms with Gasteiger partial charge in [-0.2, -0.15) is 0 Å². The predicted octanol–water partition coefficient (Wildman–Crippen LogP) is 2.95. The molecule has 1 N–H and O–H groups in total. The molecule has 2 amide bonds. The van der Waals surface area contributed by atoms with Gasteiger partial charge < -0.3 is 10.2 Å². The quantitative estimate of drug-likeness (QED) is 0.873. The van der Waals surface area contributed by atoms with Crippen molar-refractivity contribution in [3.8, 4) is 0 Å². The highest BCUT2D eigenvalue weighted by Crippen LogP contribution is 2.32. The lowest BCUT2D eigenvalue weighted by atomic mass is 9.90. The molecule has 0 radical (unpaired) electrons. The Morgan fingerprint density at radius 3 is 2.12 bits per heavy atom. The molecule has 1 aliphatic carbocycles. The van der Waals surface area contributed by atoms with Gasteiger partial charge in [0.1, 0.15) is 0 Å². The van der Waals surface area contributed by atoms with Crippen molar-refractivity contribution in [1.82, 2.24) is 10.2 Å². The number of nitrogens with zero attached hydrogens (tertiary/aromatic N) is 1. The molecule has 0 spiro atoms. The van der Waals surface area contributed by atoms with Crippen LogP contribution >= 0.6 is 0 Å². The highest BCUT2D eigenvalue weighted by atomic mass is 16.2. The Morgan fingerprint density at radius 2 is 1.58 bits per heavy atom. The molecule has 1 saturated carbocycles. The summed E-state index contributed by atoms with van der Waals surface area (Å²) in [4.78, 5) is 27.1. The zero-order chi connectivity index (χ0) is 17.9. The van der Waals surface area contributed by atoms with Crippen LogP contribution in [0.2, 0.25) is 0 Å². The van der Waals surface area contributed by atoms with E-state index in [1.54, 1.807) is 0 Å². The average Bonchev–Trinajstić information content (AvgIpc) is 3.45. The summed E-state index contributed by atoms with van der Waals surface area (Å²) in [6.45, 7) is 1.34. The molecule has 0 aromatic heterocycles. The van der Waals surface area contributed by atoms with Crippen molar-refractivity contribution in [1.29, 1.82) is 0 Å². The summed E-state index contributed by atoms with van der Waals surface area (Å²) in [5, 5.41) is 3.10. The van der Waals surface area contributed by atoms with Crippen molar-refractivity contribution in [2.24, 2.45) is 5.92 Å². The van der Waals surface area contributed by atoms with Crippen molar-refractivity contribution in [2.45, 2.75) is 31.2 Å². The first-order chi connectivity index (χ1) is 12.7. The standard InChI is InChI=1S/C22H24N2O2/c25-20-13-16(15-24(20)19-11-12-19)14-23-22(26)21(17-7-3-1-4-8-17)18-9-5-2-6-10-18/h1-10,16,19,21H,11-15H2,(H,23,26). The fourth-order valence-corrected chi connectivity index (χ4v) is 3.82. The van der Waals surface area contributed by atoms with Gasteiger partial charge in [0.2, 0.25) is 11.8 Å². The fraction of sp³-hybridized carbons (Fsp3) is 0.364. The van der Waals surface area contributed by atoms with Crippen LogP contribution < -0.4 is 5.32 Å². The van der Waals surface area contributed by atoms with Crippen molar-refractivity contribution >= 4 is 11.8 Å². The van der Waals surface area contributed by atoms with E-state index >= 15 is 0 Å². The number of rotatable bonds is 6. The van der Waals surface area contributed by atoms with Crippen LogP contribution in [0.3, 0.4) is 0 Å². The summed E-state index contributed by atoms with van der Waals surface area (Å²) in [7, 11) is 0. The van der Waals surface area contributed by atoms with Gasteiger partial charge in [-0.3, -0.25) is 9.59 Å². The Labute approximate surface area is 154 Å². The summed E-state index contributed by atoms with van der Waals surface area (Å²) in [5.74, 6) is 0.141. The summed E-state index contributed by atoms with van der Waals surface area (Å²) >= 11 is 0. The van der Waals surface area contributed by atoms with Gasteiger partial charge in [0.05, 0.1) is 5.92 Å². The van der Waals surface area contributed by atoms with Crippen molar-refractivity contribution in [2.75, 3.05) is 13.1 Å². The lowest BCUT2D eigenvalue weighted by molar-refractivity contribution is -0.128. The van der Waals surface area contributed by atoms with E-state index in [0.29, 0.717) is 19.0 Å². The molecule has 2 aromatic rings. The maximum Gasteiger partial charge on any atom is 0.232 e. The molecule has 0 bridgehead atoms. The summed E-state index contributed by atoms with van der Waals surface area (Å²) in [6, 6.07) is 20.2. The number of hydrogen-bond donors (Lipinski definition) is 1. The van der Waals surface area contributed by atoms with E-state index in [1.807, 2.05) is 65.6 Å². The molecule has 1 heterocycles. The van der Waals surface area contributed by atoms with Crippen LogP contribution in [0.5, 0.6) is 0 Å². The van der Waals surface area contributed by atoms with Crippen molar-refractivity contribution in [3.63, 3.8) is 0 Å². The first-order valence-electron chi connectivity index (χ1n) is 9.39. The predicted molar refractivity (Wildman–Crippen MR) is 101 cm³/mol. The Morgan fingerprint density at radius 1 is 1.00 bits per heavy atom. The second-order valence-electron chi connectivity index (χ2n) is 7.35. The average molecular weight is 348 g/mol. The molecule has 1 aliphatic heterocycles. The number of carbonyl (C=O) groups is 2. The minimum Gasteiger partial charge on any atom is -0.355 e. The smallest absolute Gasteiger partial charge is 0.232 e. The van der Waals surface area contributed by atoms with Gasteiger partial charge in [-0.25, -0.2) is 0 Å². The molecule has 4 rings (SSSR count). The number of carbonyl (C=O) groups excluding carboxylic acids is 2. The topological polar surface area (TPSA) is 49.4 Å². The van der Waals surface area contributed by atoms with Crippen LogP contribution in [0, 0.1) is 5.92 Å². The lowest BCUT2D eigenvalue weighted by Gasteiger charge is -2.20. The Hall–Kier alpha value is -2.62. The van der Waals surface area contributed by atoms with E-state index in [2.05, 4.69) is 5.32 Å². The molecule has 1 unspecified atom stereocenters. The maximum atomic E-state index is 13.0. The fourth-order valence-electron chi connectivity index (χ4n) is 3.82. The molecule has 134 valence electrons. The SMILES string of the molecule is O=C(NCC1CC(=O)N(C2CC2)C1)C(c1ccccc1)c1ccccc1. The Kier molecular flexibility index (Phi) is 4.74. The second kappa shape index (κ2) is 7.32. The molecular weight excluding hydrogens is 324 g/mol. The third-order valence-corrected chi connectivity index (χ3v) is 5.32. The van der Waals surface area contributed by atoms with Gasteiger partial charge in [0, 0.05) is 31.5 Å². The minimum atomic E-state index is -0.325. The van der Waals surface area contributed by atoms with Gasteiger partial charge in [-0.05, 0) is 24.0 Å². The number of hydrogen-bond acceptors (Lipinski definition) is 2. The lowest BCUT2D eigenvalue weighted by Crippen LogP contribution is -2.35. The molecule has 4 heteroatoms. The van der Waals surface area contributed by atoms with E-state index in [0.717, 1.165) is 30.5 Å². The van der Waals surface area contributed by atoms with Crippen molar-refractivity contribution < 1.29 is 9.59 Å². The number of nitrogens with one attached hydrogen (secondary N) is 1. The molecule has 2 aliphatic rings. The molecule has 26 heavy (non-hydrogen) atoms. The normalized spacial score (nSPS) is 19.8. The van der Waals surface area contributed by atoms with Gasteiger partial charge in [0.15, 0.2) is 0 Å². The molecule has 2 fully saturated rings. The third kappa shape index (κ3) is 3.64. The van der Waals surface area contributed by atoms with E-state index in [4.69, 9.17) is 0 Å². The monoisotopic (exact) mass is 348 g/mol. The highest BCUT2D eigenvalue weighted by molar-refractivity contribution is 5.87. The van der Waals surface area contributed by atoms with Crippen LogP contribution in [0.1, 0.15) is 36.3 Å². The number of amides is 2. The Balaban J connectivity index is 1.44. The number of benzene rings is 2. The summed E-state index contributed by atoms with van der Waals surface area (Å²) in [5.41, 5.74) is 1.97. The molecule has 2 aromatic carbocycles. The first kappa shape index (κ1) is 16.8. The van der Waals surface area contributed by atoms with E-state index in [9.17, 15) is 9.59 Å². The van der Waals surface area contributed by atoms with E-state index < -0.39 is 0 Å². The largest absolute Gasteiger partial charge is 0.355 e. The maximum absolute atomic E-state index is 13.0. The number of likely N-dealkylation sites (tertiary alicyclic amines) is 1. The molecule has 4 nitrogen and oxygen atoms in total. The zero-order valence-corrected chi connectivity index (χ0v) is 14.8. The molecular formula is C22H24N2O2. The summed E-state index contributed by atoms with van der Waals surface area (Å²) < 4.78 is 0. The van der Waals surface area contributed by atoms with Crippen LogP contribution in [-0.4, -0.2) is 35.8 Å². The Bertz CT molecular complexity index is 732. The first-order valence-corrected chi connectivity index (χ1v) is 9.39. The van der Waals surface area contributed by atoms with Crippen LogP contribution in [0.4, 0.5) is 0 Å². The minimum absolute atomic E-state index is 0.000258. The molecule has 1 saturated heterocycles. The van der Waals surface area contributed by atoms with E-state index in [1.165, 1.54) is 0 Å². The molecule has 1 atom stereocenters.